The zero-order valence-corrected chi connectivity index (χ0v) is 11.5. The summed E-state index contributed by atoms with van der Waals surface area (Å²) in [4.78, 5) is 12.4. The van der Waals surface area contributed by atoms with Gasteiger partial charge in [0.15, 0.2) is 0 Å². The maximum absolute atomic E-state index is 12.4. The monoisotopic (exact) mass is 259 g/mol. The number of rotatable bonds is 1. The van der Waals surface area contributed by atoms with Gasteiger partial charge in [-0.25, -0.2) is 0 Å². The number of fused-ring (bicyclic) bond motifs is 1. The SMILES string of the molecule is Cc1cc2c(c(=O)n1C)C(C(C)C)C(C#N)=C(N)O2. The van der Waals surface area contributed by atoms with E-state index >= 15 is 0 Å². The molecule has 0 fully saturated rings. The Bertz CT molecular complexity index is 662. The van der Waals surface area contributed by atoms with Crippen LogP contribution in [0, 0.1) is 24.2 Å². The summed E-state index contributed by atoms with van der Waals surface area (Å²) < 4.78 is 7.02. The molecule has 0 saturated heterocycles. The second-order valence-corrected chi connectivity index (χ2v) is 5.14. The molecule has 1 aromatic rings. The number of nitrogens with zero attached hydrogens (tertiary/aromatic N) is 2. The van der Waals surface area contributed by atoms with Crippen LogP contribution in [0.4, 0.5) is 0 Å². The second-order valence-electron chi connectivity index (χ2n) is 5.14. The molecule has 1 aliphatic rings. The Hall–Kier alpha value is -2.22. The molecule has 2 N–H and O–H groups in total. The number of ether oxygens (including phenoxy) is 1. The van der Waals surface area contributed by atoms with Gasteiger partial charge in [-0.15, -0.1) is 0 Å². The van der Waals surface area contributed by atoms with Crippen molar-refractivity contribution < 1.29 is 4.74 Å². The van der Waals surface area contributed by atoms with E-state index in [1.165, 1.54) is 0 Å². The van der Waals surface area contributed by atoms with Crippen LogP contribution in [0.25, 0.3) is 0 Å². The molecule has 0 saturated carbocycles. The van der Waals surface area contributed by atoms with Crippen LogP contribution in [0.2, 0.25) is 0 Å². The van der Waals surface area contributed by atoms with E-state index in [2.05, 4.69) is 6.07 Å². The molecule has 0 spiro atoms. The van der Waals surface area contributed by atoms with Crippen molar-refractivity contribution in [3.63, 3.8) is 0 Å². The number of pyridine rings is 1. The Kier molecular flexibility index (Phi) is 3.11. The Morgan fingerprint density at radius 2 is 2.16 bits per heavy atom. The van der Waals surface area contributed by atoms with Gasteiger partial charge in [-0.1, -0.05) is 13.8 Å². The van der Waals surface area contributed by atoms with Crippen molar-refractivity contribution in [2.24, 2.45) is 18.7 Å². The first-order chi connectivity index (χ1) is 8.88. The van der Waals surface area contributed by atoms with E-state index in [0.29, 0.717) is 16.9 Å². The number of nitriles is 1. The average Bonchev–Trinajstić information content (AvgIpc) is 2.34. The molecule has 0 radical (unpaired) electrons. The number of aryl methyl sites for hydroxylation is 1. The Balaban J connectivity index is 2.79. The number of hydrogen-bond acceptors (Lipinski definition) is 4. The highest BCUT2D eigenvalue weighted by molar-refractivity contribution is 5.49. The molecule has 100 valence electrons. The van der Waals surface area contributed by atoms with Crippen LogP contribution in [0.15, 0.2) is 22.3 Å². The van der Waals surface area contributed by atoms with Crippen molar-refractivity contribution in [3.05, 3.63) is 39.1 Å². The lowest BCUT2D eigenvalue weighted by atomic mass is 9.81. The summed E-state index contributed by atoms with van der Waals surface area (Å²) in [7, 11) is 1.71. The summed E-state index contributed by atoms with van der Waals surface area (Å²) in [6.07, 6.45) is 0. The lowest BCUT2D eigenvalue weighted by Gasteiger charge is -2.28. The fourth-order valence-corrected chi connectivity index (χ4v) is 2.44. The van der Waals surface area contributed by atoms with Gasteiger partial charge in [0, 0.05) is 24.7 Å². The fourth-order valence-electron chi connectivity index (χ4n) is 2.44. The van der Waals surface area contributed by atoms with E-state index < -0.39 is 0 Å². The van der Waals surface area contributed by atoms with Gasteiger partial charge in [-0.3, -0.25) is 4.79 Å². The van der Waals surface area contributed by atoms with E-state index in [-0.39, 0.29) is 23.3 Å². The van der Waals surface area contributed by atoms with E-state index in [0.717, 1.165) is 5.69 Å². The molecule has 1 aliphatic heterocycles. The second kappa shape index (κ2) is 4.47. The van der Waals surface area contributed by atoms with Gasteiger partial charge in [-0.2, -0.15) is 5.26 Å². The maximum atomic E-state index is 12.4. The van der Waals surface area contributed by atoms with Gasteiger partial charge in [-0.05, 0) is 12.8 Å². The van der Waals surface area contributed by atoms with Gasteiger partial charge < -0.3 is 15.0 Å². The molecule has 0 aromatic carbocycles. The zero-order chi connectivity index (χ0) is 14.3. The summed E-state index contributed by atoms with van der Waals surface area (Å²) in [5.74, 6) is 0.344. The standard InChI is InChI=1S/C14H17N3O2/c1-7(2)11-9(6-15)13(16)19-10-5-8(3)17(4)14(18)12(10)11/h5,7,11H,16H2,1-4H3. The summed E-state index contributed by atoms with van der Waals surface area (Å²) in [6.45, 7) is 5.75. The highest BCUT2D eigenvalue weighted by Crippen LogP contribution is 2.40. The molecule has 5 heteroatoms. The van der Waals surface area contributed by atoms with Crippen molar-refractivity contribution in [3.8, 4) is 11.8 Å². The Morgan fingerprint density at radius 1 is 1.53 bits per heavy atom. The van der Waals surface area contributed by atoms with Gasteiger partial charge in [0.25, 0.3) is 5.56 Å². The van der Waals surface area contributed by atoms with Crippen molar-refractivity contribution in [1.82, 2.24) is 4.57 Å². The third-order valence-corrected chi connectivity index (χ3v) is 3.56. The molecular formula is C14H17N3O2. The molecule has 0 aliphatic carbocycles. The van der Waals surface area contributed by atoms with E-state index in [1.807, 2.05) is 20.8 Å². The van der Waals surface area contributed by atoms with Gasteiger partial charge in [0.2, 0.25) is 5.88 Å². The van der Waals surface area contributed by atoms with Crippen molar-refractivity contribution in [2.75, 3.05) is 0 Å². The third-order valence-electron chi connectivity index (χ3n) is 3.56. The van der Waals surface area contributed by atoms with Crippen LogP contribution >= 0.6 is 0 Å². The van der Waals surface area contributed by atoms with Crippen molar-refractivity contribution in [1.29, 1.82) is 5.26 Å². The largest absolute Gasteiger partial charge is 0.440 e. The van der Waals surface area contributed by atoms with Gasteiger partial charge >= 0.3 is 0 Å². The average molecular weight is 259 g/mol. The molecular weight excluding hydrogens is 242 g/mol. The first-order valence-corrected chi connectivity index (χ1v) is 6.16. The highest BCUT2D eigenvalue weighted by Gasteiger charge is 2.34. The van der Waals surface area contributed by atoms with E-state index in [9.17, 15) is 10.1 Å². The Morgan fingerprint density at radius 3 is 2.68 bits per heavy atom. The first kappa shape index (κ1) is 13.2. The first-order valence-electron chi connectivity index (χ1n) is 6.16. The Labute approximate surface area is 111 Å². The predicted octanol–water partition coefficient (Wildman–Crippen LogP) is 1.52. The smallest absolute Gasteiger partial charge is 0.258 e. The van der Waals surface area contributed by atoms with Gasteiger partial charge in [0.05, 0.1) is 11.1 Å². The van der Waals surface area contributed by atoms with Crippen LogP contribution in [0.3, 0.4) is 0 Å². The molecule has 0 bridgehead atoms. The minimum atomic E-state index is -0.312. The normalized spacial score (nSPS) is 18.0. The number of hydrogen-bond donors (Lipinski definition) is 1. The molecule has 2 heterocycles. The van der Waals surface area contributed by atoms with Crippen molar-refractivity contribution >= 4 is 0 Å². The summed E-state index contributed by atoms with van der Waals surface area (Å²) in [6, 6.07) is 3.85. The quantitative estimate of drug-likeness (QED) is 0.829. The van der Waals surface area contributed by atoms with Crippen LogP contribution in [-0.4, -0.2) is 4.57 Å². The van der Waals surface area contributed by atoms with Crippen LogP contribution < -0.4 is 16.0 Å². The third kappa shape index (κ3) is 1.89. The number of nitrogens with two attached hydrogens (primary N) is 1. The molecule has 1 unspecified atom stereocenters. The fraction of sp³-hybridized carbons (Fsp3) is 0.429. The molecule has 0 amide bonds. The van der Waals surface area contributed by atoms with Crippen LogP contribution in [0.1, 0.15) is 31.0 Å². The number of aromatic nitrogens is 1. The topological polar surface area (TPSA) is 81.0 Å². The van der Waals surface area contributed by atoms with E-state index in [1.54, 1.807) is 17.7 Å². The molecule has 19 heavy (non-hydrogen) atoms. The van der Waals surface area contributed by atoms with Crippen LogP contribution in [0.5, 0.6) is 5.75 Å². The van der Waals surface area contributed by atoms with E-state index in [4.69, 9.17) is 10.5 Å². The molecule has 2 rings (SSSR count). The molecule has 1 atom stereocenters. The minimum absolute atomic E-state index is 0.0891. The van der Waals surface area contributed by atoms with Crippen molar-refractivity contribution in [2.45, 2.75) is 26.7 Å². The predicted molar refractivity (Wildman–Crippen MR) is 71.5 cm³/mol. The van der Waals surface area contributed by atoms with Gasteiger partial charge in [0.1, 0.15) is 11.8 Å². The summed E-state index contributed by atoms with van der Waals surface area (Å²) in [5, 5.41) is 9.24. The molecule has 5 nitrogen and oxygen atoms in total. The highest BCUT2D eigenvalue weighted by atomic mass is 16.5. The summed E-state index contributed by atoms with van der Waals surface area (Å²) in [5.41, 5.74) is 7.32. The zero-order valence-electron chi connectivity index (χ0n) is 11.5. The summed E-state index contributed by atoms with van der Waals surface area (Å²) >= 11 is 0. The minimum Gasteiger partial charge on any atom is -0.440 e. The van der Waals surface area contributed by atoms with Crippen LogP contribution in [-0.2, 0) is 7.05 Å². The number of allylic oxidation sites excluding steroid dienone is 1. The lowest BCUT2D eigenvalue weighted by molar-refractivity contribution is 0.367. The molecule has 1 aromatic heterocycles. The maximum Gasteiger partial charge on any atom is 0.258 e. The lowest BCUT2D eigenvalue weighted by Crippen LogP contribution is -2.32.